The second kappa shape index (κ2) is 8.55. The number of thiophene rings is 2. The minimum absolute atomic E-state index is 0.119. The number of carbonyl (C=O) groups excluding carboxylic acids is 1. The number of piperazine rings is 1. The van der Waals surface area contributed by atoms with Gasteiger partial charge in [0.15, 0.2) is 0 Å². The van der Waals surface area contributed by atoms with Crippen molar-refractivity contribution in [1.82, 2.24) is 20.2 Å². The zero-order valence-corrected chi connectivity index (χ0v) is 17.9. The smallest absolute Gasteiger partial charge is 0.234 e. The second-order valence-electron chi connectivity index (χ2n) is 7.01. The Bertz CT molecular complexity index is 945. The number of rotatable bonds is 6. The van der Waals surface area contributed by atoms with Crippen LogP contribution >= 0.6 is 22.7 Å². The number of amides is 1. The zero-order valence-electron chi connectivity index (χ0n) is 16.3. The van der Waals surface area contributed by atoms with Gasteiger partial charge in [-0.3, -0.25) is 9.69 Å². The Balaban J connectivity index is 1.54. The molecule has 1 aliphatic rings. The largest absolute Gasteiger partial charge is 0.355 e. The van der Waals surface area contributed by atoms with Crippen LogP contribution in [0.4, 0.5) is 5.82 Å². The van der Waals surface area contributed by atoms with Crippen LogP contribution in [-0.4, -0.2) is 60.0 Å². The first-order valence-corrected chi connectivity index (χ1v) is 11.5. The van der Waals surface area contributed by atoms with E-state index in [-0.39, 0.29) is 5.91 Å². The Morgan fingerprint density at radius 1 is 1.21 bits per heavy atom. The molecule has 8 heteroatoms. The van der Waals surface area contributed by atoms with E-state index in [9.17, 15) is 4.79 Å². The number of aromatic nitrogens is 2. The van der Waals surface area contributed by atoms with Crippen LogP contribution in [0.25, 0.3) is 20.7 Å². The minimum Gasteiger partial charge on any atom is -0.355 e. The van der Waals surface area contributed by atoms with Gasteiger partial charge in [0.05, 0.1) is 11.9 Å². The highest BCUT2D eigenvalue weighted by Gasteiger charge is 2.24. The predicted molar refractivity (Wildman–Crippen MR) is 117 cm³/mol. The van der Waals surface area contributed by atoms with Crippen LogP contribution in [0.5, 0.6) is 0 Å². The van der Waals surface area contributed by atoms with Gasteiger partial charge in [0.2, 0.25) is 5.91 Å². The van der Waals surface area contributed by atoms with Crippen molar-refractivity contribution in [3.05, 3.63) is 28.7 Å². The summed E-state index contributed by atoms with van der Waals surface area (Å²) < 4.78 is 0. The van der Waals surface area contributed by atoms with Crippen molar-refractivity contribution in [2.75, 3.05) is 44.2 Å². The number of aryl methyl sites for hydroxylation is 1. The number of anilines is 1. The Labute approximate surface area is 173 Å². The maximum atomic E-state index is 12.0. The summed E-state index contributed by atoms with van der Waals surface area (Å²) in [4.78, 5) is 28.4. The van der Waals surface area contributed by atoms with Crippen molar-refractivity contribution in [1.29, 1.82) is 0 Å². The van der Waals surface area contributed by atoms with Crippen LogP contribution in [0, 0.1) is 6.92 Å². The molecule has 1 aliphatic heterocycles. The van der Waals surface area contributed by atoms with Crippen LogP contribution in [0.2, 0.25) is 0 Å². The standard InChI is InChI=1S/C20H25N5OS2/c1-3-6-21-17(26)12-24-7-9-25(10-8-24)19-18-15(16-5-4-11-27-16)13-28-20(18)23-14(2)22-19/h4-5,11,13H,3,6-10,12H2,1-2H3,(H,21,26). The summed E-state index contributed by atoms with van der Waals surface area (Å²) in [5, 5.41) is 8.42. The van der Waals surface area contributed by atoms with Crippen LogP contribution in [0.1, 0.15) is 19.2 Å². The topological polar surface area (TPSA) is 61.4 Å². The van der Waals surface area contributed by atoms with Gasteiger partial charge in [0, 0.05) is 48.5 Å². The van der Waals surface area contributed by atoms with E-state index < -0.39 is 0 Å². The molecule has 148 valence electrons. The van der Waals surface area contributed by atoms with Gasteiger partial charge in [-0.05, 0) is 24.8 Å². The van der Waals surface area contributed by atoms with E-state index in [4.69, 9.17) is 4.98 Å². The molecule has 0 aromatic carbocycles. The van der Waals surface area contributed by atoms with Gasteiger partial charge in [-0.1, -0.05) is 13.0 Å². The molecule has 3 aromatic heterocycles. The van der Waals surface area contributed by atoms with Gasteiger partial charge in [0.1, 0.15) is 16.5 Å². The highest BCUT2D eigenvalue weighted by atomic mass is 32.1. The summed E-state index contributed by atoms with van der Waals surface area (Å²) in [6.45, 7) is 8.72. The maximum absolute atomic E-state index is 12.0. The van der Waals surface area contributed by atoms with E-state index in [2.05, 4.69) is 49.9 Å². The molecule has 1 saturated heterocycles. The van der Waals surface area contributed by atoms with Gasteiger partial charge in [-0.2, -0.15) is 0 Å². The lowest BCUT2D eigenvalue weighted by Crippen LogP contribution is -2.49. The molecule has 3 aromatic rings. The fourth-order valence-corrected chi connectivity index (χ4v) is 5.31. The molecule has 6 nitrogen and oxygen atoms in total. The predicted octanol–water partition coefficient (Wildman–Crippen LogP) is 3.38. The molecule has 4 rings (SSSR count). The van der Waals surface area contributed by atoms with E-state index in [1.807, 2.05) is 6.92 Å². The summed E-state index contributed by atoms with van der Waals surface area (Å²) in [5.41, 5.74) is 1.23. The van der Waals surface area contributed by atoms with Gasteiger partial charge < -0.3 is 10.2 Å². The van der Waals surface area contributed by atoms with Crippen LogP contribution in [0.15, 0.2) is 22.9 Å². The molecule has 1 amide bonds. The highest BCUT2D eigenvalue weighted by Crippen LogP contribution is 2.40. The minimum atomic E-state index is 0.119. The Morgan fingerprint density at radius 2 is 2.04 bits per heavy atom. The Morgan fingerprint density at radius 3 is 2.75 bits per heavy atom. The summed E-state index contributed by atoms with van der Waals surface area (Å²) in [5.74, 6) is 1.96. The molecule has 0 unspecified atom stereocenters. The molecule has 1 N–H and O–H groups in total. The van der Waals surface area contributed by atoms with E-state index in [1.165, 1.54) is 10.4 Å². The molecular formula is C20H25N5OS2. The number of hydrogen-bond acceptors (Lipinski definition) is 7. The number of carbonyl (C=O) groups is 1. The fraction of sp³-hybridized carbons (Fsp3) is 0.450. The van der Waals surface area contributed by atoms with Crippen LogP contribution in [0.3, 0.4) is 0 Å². The first kappa shape index (κ1) is 19.3. The third kappa shape index (κ3) is 4.04. The normalized spacial score (nSPS) is 15.3. The number of fused-ring (bicyclic) bond motifs is 1. The lowest BCUT2D eigenvalue weighted by molar-refractivity contribution is -0.122. The molecule has 4 heterocycles. The maximum Gasteiger partial charge on any atom is 0.234 e. The van der Waals surface area contributed by atoms with Crippen molar-refractivity contribution < 1.29 is 4.79 Å². The SMILES string of the molecule is CCCNC(=O)CN1CCN(c2nc(C)nc3scc(-c4cccs4)c23)CC1. The summed E-state index contributed by atoms with van der Waals surface area (Å²) in [7, 11) is 0. The van der Waals surface area contributed by atoms with Crippen molar-refractivity contribution in [2.45, 2.75) is 20.3 Å². The Kier molecular flexibility index (Phi) is 5.89. The fourth-order valence-electron chi connectivity index (χ4n) is 3.51. The molecule has 0 saturated carbocycles. The number of nitrogens with one attached hydrogen (secondary N) is 1. The number of nitrogens with zero attached hydrogens (tertiary/aromatic N) is 4. The van der Waals surface area contributed by atoms with E-state index in [0.717, 1.165) is 61.0 Å². The van der Waals surface area contributed by atoms with E-state index in [0.29, 0.717) is 6.54 Å². The third-order valence-corrected chi connectivity index (χ3v) is 6.70. The number of hydrogen-bond donors (Lipinski definition) is 1. The molecule has 0 atom stereocenters. The van der Waals surface area contributed by atoms with Gasteiger partial charge >= 0.3 is 0 Å². The third-order valence-electron chi connectivity index (χ3n) is 4.92. The summed E-state index contributed by atoms with van der Waals surface area (Å²) in [6.07, 6.45) is 0.968. The van der Waals surface area contributed by atoms with Gasteiger partial charge in [-0.15, -0.1) is 22.7 Å². The average Bonchev–Trinajstić information content (AvgIpc) is 3.35. The Hall–Kier alpha value is -2.03. The van der Waals surface area contributed by atoms with Gasteiger partial charge in [-0.25, -0.2) is 9.97 Å². The van der Waals surface area contributed by atoms with Crippen LogP contribution in [-0.2, 0) is 4.79 Å². The monoisotopic (exact) mass is 415 g/mol. The lowest BCUT2D eigenvalue weighted by Gasteiger charge is -2.35. The molecule has 0 spiro atoms. The highest BCUT2D eigenvalue weighted by molar-refractivity contribution is 7.18. The van der Waals surface area contributed by atoms with Gasteiger partial charge in [0.25, 0.3) is 0 Å². The van der Waals surface area contributed by atoms with Crippen molar-refractivity contribution in [3.8, 4) is 10.4 Å². The van der Waals surface area contributed by atoms with Crippen molar-refractivity contribution in [3.63, 3.8) is 0 Å². The summed E-state index contributed by atoms with van der Waals surface area (Å²) in [6, 6.07) is 4.24. The molecule has 0 aliphatic carbocycles. The molecule has 0 radical (unpaired) electrons. The first-order valence-electron chi connectivity index (χ1n) is 9.69. The lowest BCUT2D eigenvalue weighted by atomic mass is 10.1. The molecular weight excluding hydrogens is 390 g/mol. The molecule has 1 fully saturated rings. The first-order chi connectivity index (χ1) is 13.7. The zero-order chi connectivity index (χ0) is 19.5. The summed E-state index contributed by atoms with van der Waals surface area (Å²) >= 11 is 3.44. The van der Waals surface area contributed by atoms with E-state index in [1.54, 1.807) is 22.7 Å². The quantitative estimate of drug-likeness (QED) is 0.669. The molecule has 0 bridgehead atoms. The molecule has 28 heavy (non-hydrogen) atoms. The van der Waals surface area contributed by atoms with Crippen molar-refractivity contribution in [2.24, 2.45) is 0 Å². The van der Waals surface area contributed by atoms with E-state index >= 15 is 0 Å². The average molecular weight is 416 g/mol. The van der Waals surface area contributed by atoms with Crippen molar-refractivity contribution >= 4 is 44.6 Å². The van der Waals surface area contributed by atoms with Crippen LogP contribution < -0.4 is 10.2 Å². The second-order valence-corrected chi connectivity index (χ2v) is 8.82.